The van der Waals surface area contributed by atoms with E-state index in [2.05, 4.69) is 16.4 Å². The highest BCUT2D eigenvalue weighted by atomic mass is 32.2. The van der Waals surface area contributed by atoms with Crippen LogP contribution in [0.15, 0.2) is 65.7 Å². The van der Waals surface area contributed by atoms with Crippen molar-refractivity contribution in [3.05, 3.63) is 77.6 Å². The molecule has 0 radical (unpaired) electrons. The molecule has 6 heteroatoms. The van der Waals surface area contributed by atoms with Crippen molar-refractivity contribution in [2.24, 2.45) is 0 Å². The third-order valence-electron chi connectivity index (χ3n) is 4.04. The van der Waals surface area contributed by atoms with Crippen LogP contribution in [-0.4, -0.2) is 16.6 Å². The van der Waals surface area contributed by atoms with Crippen molar-refractivity contribution in [1.82, 2.24) is 4.98 Å². The number of nitriles is 1. The molecule has 0 unspecified atom stereocenters. The van der Waals surface area contributed by atoms with Crippen molar-refractivity contribution in [3.63, 3.8) is 0 Å². The first kappa shape index (κ1) is 19.6. The number of carbonyl (C=O) groups excluding carboxylic acids is 1. The second kappa shape index (κ2) is 9.16. The Hall–Kier alpha value is -3.17. The van der Waals surface area contributed by atoms with Gasteiger partial charge in [0, 0.05) is 17.7 Å². The van der Waals surface area contributed by atoms with E-state index in [9.17, 15) is 14.4 Å². The fourth-order valence-corrected chi connectivity index (χ4v) is 3.45. The maximum absolute atomic E-state index is 13.6. The minimum atomic E-state index is -0.470. The molecule has 140 valence electrons. The van der Waals surface area contributed by atoms with Gasteiger partial charge in [-0.3, -0.25) is 4.79 Å². The van der Waals surface area contributed by atoms with E-state index in [0.29, 0.717) is 16.3 Å². The fraction of sp³-hybridized carbons (Fsp3) is 0.136. The number of anilines is 1. The molecule has 2 aromatic carbocycles. The minimum absolute atomic E-state index is 0.162. The van der Waals surface area contributed by atoms with Crippen LogP contribution < -0.4 is 5.32 Å². The highest BCUT2D eigenvalue weighted by molar-refractivity contribution is 7.99. The summed E-state index contributed by atoms with van der Waals surface area (Å²) >= 11 is 1.34. The van der Waals surface area contributed by atoms with Gasteiger partial charge in [-0.05, 0) is 31.2 Å². The number of amides is 1. The molecule has 28 heavy (non-hydrogen) atoms. The lowest BCUT2D eigenvalue weighted by Crippen LogP contribution is -2.13. The molecule has 0 saturated heterocycles. The zero-order valence-corrected chi connectivity index (χ0v) is 16.1. The molecule has 0 saturated carbocycles. The molecule has 4 nitrogen and oxygen atoms in total. The predicted octanol–water partition coefficient (Wildman–Crippen LogP) is 5.19. The van der Waals surface area contributed by atoms with E-state index < -0.39 is 5.82 Å². The average molecular weight is 391 g/mol. The summed E-state index contributed by atoms with van der Waals surface area (Å²) in [7, 11) is 0. The molecule has 0 atom stereocenters. The van der Waals surface area contributed by atoms with Crippen LogP contribution in [0, 0.1) is 24.1 Å². The lowest BCUT2D eigenvalue weighted by molar-refractivity contribution is -0.115. The van der Waals surface area contributed by atoms with E-state index in [0.717, 1.165) is 16.8 Å². The molecule has 0 aliphatic rings. The van der Waals surface area contributed by atoms with Gasteiger partial charge in [-0.15, -0.1) is 11.8 Å². The van der Waals surface area contributed by atoms with Gasteiger partial charge >= 0.3 is 0 Å². The van der Waals surface area contributed by atoms with Crippen molar-refractivity contribution in [1.29, 1.82) is 5.26 Å². The molecule has 1 N–H and O–H groups in total. The average Bonchev–Trinajstić information content (AvgIpc) is 2.70. The lowest BCUT2D eigenvalue weighted by atomic mass is 10.1. The Morgan fingerprint density at radius 1 is 1.14 bits per heavy atom. The summed E-state index contributed by atoms with van der Waals surface area (Å²) in [6.45, 7) is 2.02. The summed E-state index contributed by atoms with van der Waals surface area (Å²) in [5.74, 6) is -0.326. The standard InChI is InChI=1S/C22H18FN3OS/c1-15-6-8-16(9-7-15)19-11-10-17(14-24)22(26-19)28-13-12-21(27)25-20-5-3-2-4-18(20)23/h2-11H,12-13H2,1H3,(H,25,27). The van der Waals surface area contributed by atoms with Gasteiger partial charge in [-0.1, -0.05) is 42.0 Å². The Labute approximate surface area is 167 Å². The van der Waals surface area contributed by atoms with Crippen molar-refractivity contribution < 1.29 is 9.18 Å². The van der Waals surface area contributed by atoms with Gasteiger partial charge in [0.2, 0.25) is 5.91 Å². The van der Waals surface area contributed by atoms with E-state index in [1.165, 1.54) is 23.9 Å². The Morgan fingerprint density at radius 3 is 2.61 bits per heavy atom. The first-order chi connectivity index (χ1) is 13.6. The number of nitrogens with zero attached hydrogens (tertiary/aromatic N) is 2. The van der Waals surface area contributed by atoms with Gasteiger partial charge in [0.1, 0.15) is 16.9 Å². The Bertz CT molecular complexity index is 1030. The largest absolute Gasteiger partial charge is 0.324 e. The van der Waals surface area contributed by atoms with E-state index >= 15 is 0 Å². The van der Waals surface area contributed by atoms with Crippen LogP contribution in [0.3, 0.4) is 0 Å². The number of thioether (sulfide) groups is 1. The van der Waals surface area contributed by atoms with E-state index in [-0.39, 0.29) is 18.0 Å². The SMILES string of the molecule is Cc1ccc(-c2ccc(C#N)c(SCCC(=O)Nc3ccccc3F)n2)cc1. The van der Waals surface area contributed by atoms with Gasteiger partial charge in [-0.2, -0.15) is 5.26 Å². The third-order valence-corrected chi connectivity index (χ3v) is 5.04. The van der Waals surface area contributed by atoms with Crippen molar-refractivity contribution >= 4 is 23.4 Å². The van der Waals surface area contributed by atoms with Crippen LogP contribution in [0.5, 0.6) is 0 Å². The molecule has 1 aromatic heterocycles. The summed E-state index contributed by atoms with van der Waals surface area (Å²) in [6, 6.07) is 19.7. The summed E-state index contributed by atoms with van der Waals surface area (Å²) in [5.41, 5.74) is 3.53. The Kier molecular flexibility index (Phi) is 6.41. The van der Waals surface area contributed by atoms with Crippen LogP contribution in [0.1, 0.15) is 17.5 Å². The van der Waals surface area contributed by atoms with Gasteiger partial charge < -0.3 is 5.32 Å². The van der Waals surface area contributed by atoms with Crippen molar-refractivity contribution in [2.75, 3.05) is 11.1 Å². The molecule has 3 aromatic rings. The first-order valence-corrected chi connectivity index (χ1v) is 9.71. The first-order valence-electron chi connectivity index (χ1n) is 8.72. The molecule has 0 spiro atoms. The number of pyridine rings is 1. The summed E-state index contributed by atoms with van der Waals surface area (Å²) in [4.78, 5) is 16.6. The second-order valence-electron chi connectivity index (χ2n) is 6.15. The van der Waals surface area contributed by atoms with Crippen LogP contribution >= 0.6 is 11.8 Å². The van der Waals surface area contributed by atoms with E-state index in [4.69, 9.17) is 0 Å². The van der Waals surface area contributed by atoms with Gasteiger partial charge in [0.15, 0.2) is 0 Å². The maximum atomic E-state index is 13.6. The zero-order valence-electron chi connectivity index (χ0n) is 15.3. The van der Waals surface area contributed by atoms with Crippen LogP contribution in [0.2, 0.25) is 0 Å². The van der Waals surface area contributed by atoms with E-state index in [1.807, 2.05) is 37.3 Å². The molecular formula is C22H18FN3OS. The smallest absolute Gasteiger partial charge is 0.225 e. The molecule has 0 aliphatic carbocycles. The fourth-order valence-electron chi connectivity index (χ4n) is 2.54. The van der Waals surface area contributed by atoms with Crippen LogP contribution in [-0.2, 0) is 4.79 Å². The highest BCUT2D eigenvalue weighted by Gasteiger charge is 2.10. The molecule has 0 bridgehead atoms. The monoisotopic (exact) mass is 391 g/mol. The number of hydrogen-bond donors (Lipinski definition) is 1. The number of para-hydroxylation sites is 1. The number of aromatic nitrogens is 1. The van der Waals surface area contributed by atoms with E-state index in [1.54, 1.807) is 18.2 Å². The Balaban J connectivity index is 1.65. The summed E-state index contributed by atoms with van der Waals surface area (Å²) in [5, 5.41) is 12.5. The predicted molar refractivity (Wildman–Crippen MR) is 109 cm³/mol. The second-order valence-corrected chi connectivity index (χ2v) is 7.24. The van der Waals surface area contributed by atoms with Gasteiger partial charge in [0.25, 0.3) is 0 Å². The summed E-state index contributed by atoms with van der Waals surface area (Å²) < 4.78 is 13.6. The number of carbonyl (C=O) groups is 1. The van der Waals surface area contributed by atoms with Gasteiger partial charge in [-0.25, -0.2) is 9.37 Å². The van der Waals surface area contributed by atoms with Crippen molar-refractivity contribution in [2.45, 2.75) is 18.4 Å². The summed E-state index contributed by atoms with van der Waals surface area (Å²) in [6.07, 6.45) is 0.181. The zero-order chi connectivity index (χ0) is 19.9. The third kappa shape index (κ3) is 4.96. The number of aryl methyl sites for hydroxylation is 1. The normalized spacial score (nSPS) is 10.3. The van der Waals surface area contributed by atoms with Crippen LogP contribution in [0.4, 0.5) is 10.1 Å². The van der Waals surface area contributed by atoms with Crippen LogP contribution in [0.25, 0.3) is 11.3 Å². The van der Waals surface area contributed by atoms with Gasteiger partial charge in [0.05, 0.1) is 16.9 Å². The molecule has 0 fully saturated rings. The highest BCUT2D eigenvalue weighted by Crippen LogP contribution is 2.26. The minimum Gasteiger partial charge on any atom is -0.324 e. The van der Waals surface area contributed by atoms with Crippen molar-refractivity contribution in [3.8, 4) is 17.3 Å². The number of benzene rings is 2. The topological polar surface area (TPSA) is 65.8 Å². The molecular weight excluding hydrogens is 373 g/mol. The number of rotatable bonds is 6. The quantitative estimate of drug-likeness (QED) is 0.587. The number of nitrogens with one attached hydrogen (secondary N) is 1. The number of halogens is 1. The lowest BCUT2D eigenvalue weighted by Gasteiger charge is -2.08. The molecule has 3 rings (SSSR count). The molecule has 1 heterocycles. The molecule has 1 amide bonds. The molecule has 0 aliphatic heterocycles. The number of hydrogen-bond acceptors (Lipinski definition) is 4. The Morgan fingerprint density at radius 2 is 1.89 bits per heavy atom. The maximum Gasteiger partial charge on any atom is 0.225 e.